The van der Waals surface area contributed by atoms with Crippen LogP contribution >= 0.6 is 12.6 Å². The van der Waals surface area contributed by atoms with Crippen molar-refractivity contribution in [2.45, 2.75) is 37.4 Å². The van der Waals surface area contributed by atoms with E-state index in [4.69, 9.17) is 13.9 Å². The third-order valence-corrected chi connectivity index (χ3v) is 2.92. The normalized spacial score (nSPS) is 14.8. The summed E-state index contributed by atoms with van der Waals surface area (Å²) in [7, 11) is 3.81. The molecule has 1 atom stereocenters. The lowest BCUT2D eigenvalue weighted by atomic mass is 10.2. The zero-order valence-electron chi connectivity index (χ0n) is 8.87. The molecule has 0 spiro atoms. The van der Waals surface area contributed by atoms with Crippen LogP contribution in [0, 0.1) is 0 Å². The summed E-state index contributed by atoms with van der Waals surface area (Å²) in [6.45, 7) is 2.08. The molecule has 0 heterocycles. The number of methoxy groups -OCH3 is 2. The Labute approximate surface area is 89.1 Å². The molecule has 13 heavy (non-hydrogen) atoms. The van der Waals surface area contributed by atoms with Crippen LogP contribution in [0.5, 0.6) is 0 Å². The van der Waals surface area contributed by atoms with E-state index in [1.54, 1.807) is 14.2 Å². The lowest BCUT2D eigenvalue weighted by Crippen LogP contribution is -2.36. The predicted octanol–water partition coefficient (Wildman–Crippen LogP) is 0.719. The molecule has 0 aliphatic rings. The van der Waals surface area contributed by atoms with Crippen LogP contribution < -0.4 is 0 Å². The summed E-state index contributed by atoms with van der Waals surface area (Å²) in [5, 5.41) is 0.417. The molecule has 1 unspecified atom stereocenters. The molecule has 0 aromatic rings. The molecular formula is C8H20O3SSi. The van der Waals surface area contributed by atoms with Gasteiger partial charge < -0.3 is 13.9 Å². The highest BCUT2D eigenvalue weighted by molar-refractivity contribution is 7.80. The van der Waals surface area contributed by atoms with E-state index in [9.17, 15) is 0 Å². The summed E-state index contributed by atoms with van der Waals surface area (Å²) in [5.74, 6) is -0.811. The summed E-state index contributed by atoms with van der Waals surface area (Å²) >= 11 is 4.30. The van der Waals surface area contributed by atoms with E-state index in [0.717, 1.165) is 19.3 Å². The molecule has 0 aromatic heterocycles. The fraction of sp³-hybridized carbons (Fsp3) is 1.00. The first-order valence-corrected chi connectivity index (χ1v) is 5.77. The van der Waals surface area contributed by atoms with Crippen LogP contribution in [0.3, 0.4) is 0 Å². The van der Waals surface area contributed by atoms with Crippen molar-refractivity contribution in [3.63, 3.8) is 0 Å². The molecule has 0 saturated heterocycles. The van der Waals surface area contributed by atoms with Gasteiger partial charge in [-0.05, 0) is 18.1 Å². The molecule has 0 aliphatic carbocycles. The summed E-state index contributed by atoms with van der Waals surface area (Å²) in [6, 6.07) is 0. The molecular weight excluding hydrogens is 204 g/mol. The van der Waals surface area contributed by atoms with Gasteiger partial charge in [-0.15, -0.1) is 0 Å². The van der Waals surface area contributed by atoms with Crippen LogP contribution in [0.1, 0.15) is 26.2 Å². The van der Waals surface area contributed by atoms with Gasteiger partial charge in [-0.3, -0.25) is 0 Å². The highest BCUT2D eigenvalue weighted by Crippen LogP contribution is 2.21. The van der Waals surface area contributed by atoms with E-state index in [1.165, 1.54) is 0 Å². The molecule has 0 N–H and O–H groups in total. The van der Waals surface area contributed by atoms with E-state index in [2.05, 4.69) is 19.6 Å². The molecule has 0 saturated carbocycles. The molecule has 0 amide bonds. The van der Waals surface area contributed by atoms with Crippen molar-refractivity contribution in [1.82, 2.24) is 0 Å². The maximum atomic E-state index is 5.29. The fourth-order valence-corrected chi connectivity index (χ4v) is 1.89. The Morgan fingerprint density at radius 3 is 2.23 bits per heavy atom. The van der Waals surface area contributed by atoms with Gasteiger partial charge in [0, 0.05) is 20.6 Å². The third-order valence-electron chi connectivity index (χ3n) is 2.04. The van der Waals surface area contributed by atoms with Gasteiger partial charge in [-0.1, -0.05) is 6.92 Å². The van der Waals surface area contributed by atoms with Crippen LogP contribution in [0.25, 0.3) is 0 Å². The number of hydrogen-bond donors (Lipinski definition) is 1. The smallest absolute Gasteiger partial charge is 0.272 e. The largest absolute Gasteiger partial charge is 0.380 e. The predicted molar refractivity (Wildman–Crippen MR) is 60.1 cm³/mol. The molecule has 3 nitrogen and oxygen atoms in total. The Morgan fingerprint density at radius 1 is 1.38 bits per heavy atom. The van der Waals surface area contributed by atoms with Crippen LogP contribution in [0.4, 0.5) is 0 Å². The average molecular weight is 224 g/mol. The summed E-state index contributed by atoms with van der Waals surface area (Å²) in [6.07, 6.45) is 2.80. The Kier molecular flexibility index (Phi) is 7.07. The van der Waals surface area contributed by atoms with Crippen molar-refractivity contribution in [2.24, 2.45) is 0 Å². The first-order chi connectivity index (χ1) is 6.10. The van der Waals surface area contributed by atoms with Crippen molar-refractivity contribution in [3.05, 3.63) is 0 Å². The zero-order valence-corrected chi connectivity index (χ0v) is 11.8. The van der Waals surface area contributed by atoms with Crippen molar-refractivity contribution >= 4 is 23.1 Å². The van der Waals surface area contributed by atoms with Crippen molar-refractivity contribution < 1.29 is 13.9 Å². The number of thiol groups is 1. The van der Waals surface area contributed by atoms with Crippen LogP contribution in [-0.2, 0) is 13.9 Å². The molecule has 0 radical (unpaired) electrons. The van der Waals surface area contributed by atoms with Crippen LogP contribution in [-0.4, -0.2) is 35.9 Å². The van der Waals surface area contributed by atoms with E-state index in [1.807, 2.05) is 0 Å². The fourth-order valence-electron chi connectivity index (χ4n) is 1.17. The van der Waals surface area contributed by atoms with Crippen molar-refractivity contribution in [3.8, 4) is 0 Å². The minimum atomic E-state index is -0.811. The van der Waals surface area contributed by atoms with Gasteiger partial charge in [0.2, 0.25) is 0 Å². The highest BCUT2D eigenvalue weighted by atomic mass is 32.1. The standard InChI is InChI=1S/C8H20O3SSi/c1-7(12)5-4-6-8(9-2,10-3)11-13/h7,12H,4-6H2,1-3,13H3. The minimum Gasteiger partial charge on any atom is -0.380 e. The van der Waals surface area contributed by atoms with Gasteiger partial charge in [-0.2, -0.15) is 12.6 Å². The lowest BCUT2D eigenvalue weighted by molar-refractivity contribution is -0.325. The van der Waals surface area contributed by atoms with Gasteiger partial charge in [0.25, 0.3) is 5.97 Å². The molecule has 0 aliphatic heterocycles. The van der Waals surface area contributed by atoms with Gasteiger partial charge in [0.15, 0.2) is 10.5 Å². The number of ether oxygens (including phenoxy) is 2. The molecule has 0 aromatic carbocycles. The Balaban J connectivity index is 3.81. The van der Waals surface area contributed by atoms with Crippen LogP contribution in [0.15, 0.2) is 0 Å². The van der Waals surface area contributed by atoms with Crippen molar-refractivity contribution in [1.29, 1.82) is 0 Å². The quantitative estimate of drug-likeness (QED) is 0.392. The maximum Gasteiger partial charge on any atom is 0.272 e. The van der Waals surface area contributed by atoms with E-state index >= 15 is 0 Å². The third kappa shape index (κ3) is 5.02. The van der Waals surface area contributed by atoms with Gasteiger partial charge >= 0.3 is 0 Å². The van der Waals surface area contributed by atoms with Crippen LogP contribution in [0.2, 0.25) is 0 Å². The first-order valence-electron chi connectivity index (χ1n) is 4.43. The Bertz CT molecular complexity index is 120. The monoisotopic (exact) mass is 224 g/mol. The van der Waals surface area contributed by atoms with E-state index < -0.39 is 5.97 Å². The summed E-state index contributed by atoms with van der Waals surface area (Å²) in [5.41, 5.74) is 0. The highest BCUT2D eigenvalue weighted by Gasteiger charge is 2.27. The number of hydrogen-bond acceptors (Lipinski definition) is 4. The second-order valence-corrected chi connectivity index (χ2v) is 4.33. The molecule has 80 valence electrons. The minimum absolute atomic E-state index is 0.417. The second kappa shape index (κ2) is 6.84. The van der Waals surface area contributed by atoms with E-state index in [-0.39, 0.29) is 0 Å². The first kappa shape index (κ1) is 13.4. The topological polar surface area (TPSA) is 27.7 Å². The lowest BCUT2D eigenvalue weighted by Gasteiger charge is -2.29. The van der Waals surface area contributed by atoms with Gasteiger partial charge in [-0.25, -0.2) is 0 Å². The van der Waals surface area contributed by atoms with E-state index in [0.29, 0.717) is 15.7 Å². The molecule has 0 rings (SSSR count). The Morgan fingerprint density at radius 2 is 1.92 bits per heavy atom. The summed E-state index contributed by atoms with van der Waals surface area (Å²) < 4.78 is 15.7. The Hall–Kier alpha value is 0.447. The van der Waals surface area contributed by atoms with Crippen molar-refractivity contribution in [2.75, 3.05) is 14.2 Å². The maximum absolute atomic E-state index is 5.29. The average Bonchev–Trinajstić information content (AvgIpc) is 2.13. The van der Waals surface area contributed by atoms with Gasteiger partial charge in [0.1, 0.15) is 0 Å². The SMILES string of the molecule is COC(CCCC(C)S)(OC)O[SiH3]. The summed E-state index contributed by atoms with van der Waals surface area (Å²) in [4.78, 5) is 0. The number of rotatable bonds is 7. The molecule has 0 bridgehead atoms. The van der Waals surface area contributed by atoms with Gasteiger partial charge in [0.05, 0.1) is 0 Å². The zero-order chi connectivity index (χ0) is 10.3. The second-order valence-electron chi connectivity index (χ2n) is 3.04. The molecule has 0 fully saturated rings. The molecule has 5 heteroatoms.